The molecule has 2 saturated heterocycles. The summed E-state index contributed by atoms with van der Waals surface area (Å²) in [5, 5.41) is 2.72. The summed E-state index contributed by atoms with van der Waals surface area (Å²) >= 11 is 0. The Kier molecular flexibility index (Phi) is 11.0. The number of hydrogen-bond donors (Lipinski definition) is 2. The molecule has 1 aliphatic carbocycles. The molecule has 2 spiro atoms. The highest BCUT2D eigenvalue weighted by molar-refractivity contribution is 5.96. The van der Waals surface area contributed by atoms with Gasteiger partial charge in [0.05, 0.1) is 44.1 Å². The van der Waals surface area contributed by atoms with Crippen LogP contribution in [-0.2, 0) is 30.2 Å². The van der Waals surface area contributed by atoms with E-state index in [-0.39, 0.29) is 42.7 Å². The molecule has 280 valence electrons. The van der Waals surface area contributed by atoms with Gasteiger partial charge in [-0.15, -0.1) is 0 Å². The van der Waals surface area contributed by atoms with Gasteiger partial charge in [0.1, 0.15) is 28.9 Å². The number of nitrogens with two attached hydrogens (primary N) is 1. The lowest BCUT2D eigenvalue weighted by Crippen LogP contribution is -2.61. The molecule has 2 aliphatic heterocycles. The van der Waals surface area contributed by atoms with E-state index in [2.05, 4.69) is 5.32 Å². The number of amides is 2. The highest BCUT2D eigenvalue weighted by Gasteiger charge is 2.53. The molecule has 13 heteroatoms. The van der Waals surface area contributed by atoms with Crippen molar-refractivity contribution >= 4 is 17.7 Å². The second kappa shape index (κ2) is 15.1. The molecule has 2 amide bonds. The summed E-state index contributed by atoms with van der Waals surface area (Å²) in [6, 6.07) is 10.8. The number of rotatable bonds is 8. The van der Waals surface area contributed by atoms with E-state index in [0.29, 0.717) is 44.1 Å². The molecule has 9 nitrogen and oxygen atoms in total. The molecule has 3 aromatic rings. The van der Waals surface area contributed by atoms with Crippen LogP contribution >= 0.6 is 0 Å². The summed E-state index contributed by atoms with van der Waals surface area (Å²) in [7, 11) is 0. The first-order valence-electron chi connectivity index (χ1n) is 17.6. The topological polar surface area (TPSA) is 112 Å². The minimum atomic E-state index is -1.41. The highest BCUT2D eigenvalue weighted by atomic mass is 19.1. The van der Waals surface area contributed by atoms with Gasteiger partial charge in [0.2, 0.25) is 5.91 Å². The van der Waals surface area contributed by atoms with Crippen molar-refractivity contribution in [1.29, 1.82) is 0 Å². The highest BCUT2D eigenvalue weighted by Crippen LogP contribution is 2.45. The van der Waals surface area contributed by atoms with Crippen LogP contribution in [0, 0.1) is 23.3 Å². The van der Waals surface area contributed by atoms with E-state index >= 15 is 4.39 Å². The van der Waals surface area contributed by atoms with E-state index in [1.807, 2.05) is 0 Å². The zero-order chi connectivity index (χ0) is 37.3. The molecular weight excluding hydrogens is 682 g/mol. The number of nitrogens with zero attached hydrogens (tertiary/aromatic N) is 1. The molecule has 6 rings (SSSR count). The standard InChI is InChI=1S/C39H45F4N3O6/c1-37(2,3)52-36(48)46-21-29(51-38(23-46)14-5-15-39(22-38)49-16-17-50-39)12-13-30-31(43)6-4-7-32(30)45-35(47)34(44)33(24-8-10-26(40)11-9-24)25-18-27(41)20-28(42)19-25/h4,6-11,18-20,29,33-34H,5,12-17,21-23,44H2,1-3H3,(H,45,47)/t29-,33+,34+,38?/m1/s1. The molecule has 52 heavy (non-hydrogen) atoms. The molecule has 4 atom stereocenters. The Balaban J connectivity index is 1.22. The van der Waals surface area contributed by atoms with Crippen molar-refractivity contribution in [3.63, 3.8) is 0 Å². The lowest BCUT2D eigenvalue weighted by Gasteiger charge is -2.51. The summed E-state index contributed by atoms with van der Waals surface area (Å²) in [5.74, 6) is -5.46. The van der Waals surface area contributed by atoms with Gasteiger partial charge in [-0.2, -0.15) is 0 Å². The number of nitrogens with one attached hydrogen (secondary N) is 1. The summed E-state index contributed by atoms with van der Waals surface area (Å²) in [6.07, 6.45) is 1.98. The first kappa shape index (κ1) is 37.7. The number of ether oxygens (including phenoxy) is 4. The van der Waals surface area contributed by atoms with Crippen LogP contribution in [0.1, 0.15) is 75.5 Å². The maximum atomic E-state index is 15.6. The zero-order valence-electron chi connectivity index (χ0n) is 29.6. The van der Waals surface area contributed by atoms with Crippen molar-refractivity contribution in [2.45, 2.75) is 94.3 Å². The smallest absolute Gasteiger partial charge is 0.410 e. The summed E-state index contributed by atoms with van der Waals surface area (Å²) < 4.78 is 82.6. The molecule has 2 heterocycles. The Labute approximate surface area is 300 Å². The number of anilines is 1. The van der Waals surface area contributed by atoms with Gasteiger partial charge in [-0.3, -0.25) is 4.79 Å². The molecule has 1 saturated carbocycles. The second-order valence-corrected chi connectivity index (χ2v) is 15.0. The minimum Gasteiger partial charge on any atom is -0.444 e. The zero-order valence-corrected chi connectivity index (χ0v) is 29.6. The largest absolute Gasteiger partial charge is 0.444 e. The van der Waals surface area contributed by atoms with E-state index in [1.54, 1.807) is 25.7 Å². The predicted molar refractivity (Wildman–Crippen MR) is 184 cm³/mol. The number of carbonyl (C=O) groups excluding carboxylic acids is 2. The predicted octanol–water partition coefficient (Wildman–Crippen LogP) is 6.97. The van der Waals surface area contributed by atoms with Crippen molar-refractivity contribution in [1.82, 2.24) is 4.90 Å². The molecule has 3 aromatic carbocycles. The van der Waals surface area contributed by atoms with Crippen LogP contribution in [0.15, 0.2) is 60.7 Å². The maximum Gasteiger partial charge on any atom is 0.410 e. The fourth-order valence-electron chi connectivity index (χ4n) is 7.66. The van der Waals surface area contributed by atoms with Crippen molar-refractivity contribution in [2.75, 3.05) is 31.6 Å². The Bertz CT molecular complexity index is 1740. The summed E-state index contributed by atoms with van der Waals surface area (Å²) in [5.41, 5.74) is 5.75. The first-order chi connectivity index (χ1) is 24.6. The van der Waals surface area contributed by atoms with Gasteiger partial charge < -0.3 is 34.9 Å². The molecule has 3 fully saturated rings. The van der Waals surface area contributed by atoms with E-state index in [4.69, 9.17) is 24.7 Å². The minimum absolute atomic E-state index is 0.0713. The van der Waals surface area contributed by atoms with Crippen LogP contribution in [0.4, 0.5) is 28.0 Å². The number of benzene rings is 3. The normalized spacial score (nSPS) is 22.7. The molecule has 1 unspecified atom stereocenters. The fourth-order valence-corrected chi connectivity index (χ4v) is 7.66. The molecular formula is C39H45F4N3O6. The lowest BCUT2D eigenvalue weighted by atomic mass is 9.79. The Morgan fingerprint density at radius 1 is 0.962 bits per heavy atom. The van der Waals surface area contributed by atoms with Crippen LogP contribution in [0.25, 0.3) is 0 Å². The molecule has 3 N–H and O–H groups in total. The number of halogens is 4. The van der Waals surface area contributed by atoms with Gasteiger partial charge in [0.15, 0.2) is 5.79 Å². The van der Waals surface area contributed by atoms with E-state index in [0.717, 1.165) is 30.7 Å². The second-order valence-electron chi connectivity index (χ2n) is 15.0. The lowest BCUT2D eigenvalue weighted by molar-refractivity contribution is -0.254. The van der Waals surface area contributed by atoms with Gasteiger partial charge in [0.25, 0.3) is 0 Å². The Morgan fingerprint density at radius 3 is 2.33 bits per heavy atom. The van der Waals surface area contributed by atoms with Gasteiger partial charge in [-0.25, -0.2) is 22.4 Å². The van der Waals surface area contributed by atoms with Crippen LogP contribution in [0.2, 0.25) is 0 Å². The van der Waals surface area contributed by atoms with Gasteiger partial charge in [0, 0.05) is 36.1 Å². The summed E-state index contributed by atoms with van der Waals surface area (Å²) in [4.78, 5) is 28.8. The molecule has 0 radical (unpaired) electrons. The molecule has 3 aliphatic rings. The van der Waals surface area contributed by atoms with Crippen LogP contribution in [0.3, 0.4) is 0 Å². The average Bonchev–Trinajstić information content (AvgIpc) is 3.50. The Hall–Kier alpha value is -4.04. The maximum absolute atomic E-state index is 15.6. The third kappa shape index (κ3) is 8.76. The van der Waals surface area contributed by atoms with Gasteiger partial charge in [-0.05, 0) is 94.0 Å². The third-order valence-corrected chi connectivity index (χ3v) is 9.79. The van der Waals surface area contributed by atoms with Crippen molar-refractivity contribution < 1.29 is 46.1 Å². The van der Waals surface area contributed by atoms with Crippen molar-refractivity contribution in [3.8, 4) is 0 Å². The van der Waals surface area contributed by atoms with E-state index < -0.39 is 70.3 Å². The fraction of sp³-hybridized carbons (Fsp3) is 0.487. The number of carbonyl (C=O) groups is 2. The molecule has 0 bridgehead atoms. The number of morpholine rings is 1. The average molecular weight is 728 g/mol. The molecule has 0 aromatic heterocycles. The Morgan fingerprint density at radius 2 is 1.65 bits per heavy atom. The summed E-state index contributed by atoms with van der Waals surface area (Å²) in [6.45, 7) is 6.84. The SMILES string of the molecule is CC(C)(C)OC(=O)N1C[C@@H](CCc2c(F)cccc2NC(=O)[C@@H](N)[C@@H](c2ccc(F)cc2)c2cc(F)cc(F)c2)OC2(CCCC3(C2)OCCO3)C1. The monoisotopic (exact) mass is 727 g/mol. The van der Waals surface area contributed by atoms with Crippen molar-refractivity contribution in [2.24, 2.45) is 5.73 Å². The quantitative estimate of drug-likeness (QED) is 0.241. The van der Waals surface area contributed by atoms with Crippen LogP contribution < -0.4 is 11.1 Å². The van der Waals surface area contributed by atoms with Crippen LogP contribution in [0.5, 0.6) is 0 Å². The van der Waals surface area contributed by atoms with Crippen LogP contribution in [-0.4, -0.2) is 72.3 Å². The van der Waals surface area contributed by atoms with Gasteiger partial charge >= 0.3 is 6.09 Å². The first-order valence-corrected chi connectivity index (χ1v) is 17.6. The van der Waals surface area contributed by atoms with E-state index in [1.165, 1.54) is 30.3 Å². The van der Waals surface area contributed by atoms with E-state index in [9.17, 15) is 22.8 Å². The third-order valence-electron chi connectivity index (χ3n) is 9.79. The number of hydrogen-bond acceptors (Lipinski definition) is 7. The van der Waals surface area contributed by atoms with Gasteiger partial charge in [-0.1, -0.05) is 18.2 Å². The van der Waals surface area contributed by atoms with Crippen molar-refractivity contribution in [3.05, 3.63) is 101 Å².